The number of aryl methyl sites for hydroxylation is 1. The third-order valence-electron chi connectivity index (χ3n) is 4.87. The van der Waals surface area contributed by atoms with E-state index in [0.717, 1.165) is 5.56 Å². The van der Waals surface area contributed by atoms with Crippen molar-refractivity contribution in [3.63, 3.8) is 0 Å². The minimum absolute atomic E-state index is 0.268. The second-order valence-electron chi connectivity index (χ2n) is 6.61. The number of ether oxygens (including phenoxy) is 1. The molecule has 0 N–H and O–H groups in total. The van der Waals surface area contributed by atoms with Crippen molar-refractivity contribution in [3.8, 4) is 11.5 Å². The molecule has 142 valence electrons. The summed E-state index contributed by atoms with van der Waals surface area (Å²) in [6.07, 6.45) is 0. The fourth-order valence-electron chi connectivity index (χ4n) is 3.34. The Morgan fingerprint density at radius 3 is 2.48 bits per heavy atom. The van der Waals surface area contributed by atoms with Crippen LogP contribution in [-0.4, -0.2) is 71.1 Å². The average molecular weight is 370 g/mol. The molecule has 2 aliphatic heterocycles. The number of hydrogen-bond acceptors (Lipinski definition) is 6. The van der Waals surface area contributed by atoms with Crippen molar-refractivity contribution in [1.82, 2.24) is 19.9 Å². The molecule has 2 aliphatic rings. The lowest BCUT2D eigenvalue weighted by atomic mass is 10.2. The highest BCUT2D eigenvalue weighted by Crippen LogP contribution is 2.23. The van der Waals surface area contributed by atoms with E-state index in [9.17, 15) is 9.59 Å². The summed E-state index contributed by atoms with van der Waals surface area (Å²) in [6.45, 7) is 5.44. The van der Waals surface area contributed by atoms with E-state index >= 15 is 0 Å². The van der Waals surface area contributed by atoms with Crippen molar-refractivity contribution < 1.29 is 18.7 Å². The second kappa shape index (κ2) is 7.50. The van der Waals surface area contributed by atoms with Gasteiger partial charge in [0.2, 0.25) is 5.89 Å². The summed E-state index contributed by atoms with van der Waals surface area (Å²) in [5, 5.41) is 3.45. The zero-order valence-corrected chi connectivity index (χ0v) is 15.3. The van der Waals surface area contributed by atoms with Gasteiger partial charge in [-0.3, -0.25) is 14.6 Å². The zero-order chi connectivity index (χ0) is 18.8. The minimum Gasteiger partial charge on any atom is -0.441 e. The molecule has 8 nitrogen and oxygen atoms in total. The summed E-state index contributed by atoms with van der Waals surface area (Å²) in [6, 6.07) is 9.61. The number of hydrazine groups is 1. The van der Waals surface area contributed by atoms with Gasteiger partial charge in [0.1, 0.15) is 11.5 Å². The van der Waals surface area contributed by atoms with Crippen molar-refractivity contribution in [3.05, 3.63) is 41.8 Å². The number of carbonyl (C=O) groups excluding carboxylic acids is 2. The molecule has 2 aromatic rings. The van der Waals surface area contributed by atoms with E-state index in [2.05, 4.69) is 4.98 Å². The Morgan fingerprint density at radius 1 is 1.00 bits per heavy atom. The lowest BCUT2D eigenvalue weighted by molar-refractivity contribution is -0.175. The predicted octanol–water partition coefficient (Wildman–Crippen LogP) is 1.07. The van der Waals surface area contributed by atoms with Gasteiger partial charge in [0.15, 0.2) is 0 Å². The van der Waals surface area contributed by atoms with Crippen molar-refractivity contribution in [1.29, 1.82) is 0 Å². The summed E-state index contributed by atoms with van der Waals surface area (Å²) in [5.41, 5.74) is 1.56. The standard InChI is InChI=1S/C19H22N4O4/c1-14-16(20-17(27-14)15-5-3-2-4-6-15)13-21-7-8-23(19(25)18(21)24)22-9-11-26-12-10-22/h2-6H,7-13H2,1H3. The number of morpholine rings is 1. The van der Waals surface area contributed by atoms with E-state index in [1.165, 1.54) is 0 Å². The molecule has 1 aromatic carbocycles. The lowest BCUT2D eigenvalue weighted by Crippen LogP contribution is -2.61. The molecule has 2 saturated heterocycles. The van der Waals surface area contributed by atoms with Crippen LogP contribution in [0, 0.1) is 6.92 Å². The molecule has 1 aromatic heterocycles. The zero-order valence-electron chi connectivity index (χ0n) is 15.3. The number of hydrogen-bond donors (Lipinski definition) is 0. The molecule has 0 spiro atoms. The van der Waals surface area contributed by atoms with Crippen molar-refractivity contribution >= 4 is 11.8 Å². The molecular weight excluding hydrogens is 348 g/mol. The van der Waals surface area contributed by atoms with Crippen LogP contribution < -0.4 is 0 Å². The molecule has 27 heavy (non-hydrogen) atoms. The first-order chi connectivity index (χ1) is 13.1. The third-order valence-corrected chi connectivity index (χ3v) is 4.87. The van der Waals surface area contributed by atoms with Crippen LogP contribution in [0.1, 0.15) is 11.5 Å². The van der Waals surface area contributed by atoms with E-state index in [4.69, 9.17) is 9.15 Å². The second-order valence-corrected chi connectivity index (χ2v) is 6.61. The van der Waals surface area contributed by atoms with E-state index in [1.54, 1.807) is 9.91 Å². The number of piperazine rings is 1. The first-order valence-electron chi connectivity index (χ1n) is 9.08. The van der Waals surface area contributed by atoms with E-state index in [0.29, 0.717) is 56.7 Å². The van der Waals surface area contributed by atoms with Gasteiger partial charge < -0.3 is 14.1 Å². The molecule has 0 radical (unpaired) electrons. The Bertz CT molecular complexity index is 829. The SMILES string of the molecule is Cc1oc(-c2ccccc2)nc1CN1CCN(N2CCOCC2)C(=O)C1=O. The maximum absolute atomic E-state index is 12.6. The quantitative estimate of drug-likeness (QED) is 0.749. The molecule has 0 atom stereocenters. The van der Waals surface area contributed by atoms with Gasteiger partial charge in [-0.2, -0.15) is 0 Å². The van der Waals surface area contributed by atoms with E-state index in [1.807, 2.05) is 42.3 Å². The van der Waals surface area contributed by atoms with E-state index in [-0.39, 0.29) is 6.54 Å². The van der Waals surface area contributed by atoms with Gasteiger partial charge in [-0.15, -0.1) is 0 Å². The normalized spacial score (nSPS) is 19.0. The predicted molar refractivity (Wildman–Crippen MR) is 96.2 cm³/mol. The molecule has 2 fully saturated rings. The summed E-state index contributed by atoms with van der Waals surface area (Å²) in [7, 11) is 0. The van der Waals surface area contributed by atoms with Crippen LogP contribution in [0.15, 0.2) is 34.7 Å². The number of nitrogens with zero attached hydrogens (tertiary/aromatic N) is 4. The summed E-state index contributed by atoms with van der Waals surface area (Å²) >= 11 is 0. The number of oxazole rings is 1. The first kappa shape index (κ1) is 17.7. The molecule has 0 bridgehead atoms. The molecule has 3 heterocycles. The Balaban J connectivity index is 1.45. The largest absolute Gasteiger partial charge is 0.441 e. The Hall–Kier alpha value is -2.71. The highest BCUT2D eigenvalue weighted by atomic mass is 16.5. The summed E-state index contributed by atoms with van der Waals surface area (Å²) in [5.74, 6) is 0.183. The molecule has 0 saturated carbocycles. The number of aromatic nitrogens is 1. The maximum Gasteiger partial charge on any atom is 0.326 e. The number of benzene rings is 1. The lowest BCUT2D eigenvalue weighted by Gasteiger charge is -2.41. The molecule has 2 amide bonds. The van der Waals surface area contributed by atoms with Crippen molar-refractivity contribution in [2.45, 2.75) is 13.5 Å². The van der Waals surface area contributed by atoms with Crippen LogP contribution in [0.25, 0.3) is 11.5 Å². The Labute approximate surface area is 157 Å². The van der Waals surface area contributed by atoms with Crippen molar-refractivity contribution in [2.24, 2.45) is 0 Å². The van der Waals surface area contributed by atoms with Gasteiger partial charge in [-0.1, -0.05) is 18.2 Å². The van der Waals surface area contributed by atoms with Gasteiger partial charge in [-0.25, -0.2) is 9.99 Å². The highest BCUT2D eigenvalue weighted by Gasteiger charge is 2.36. The summed E-state index contributed by atoms with van der Waals surface area (Å²) < 4.78 is 11.1. The topological polar surface area (TPSA) is 79.1 Å². The van der Waals surface area contributed by atoms with Crippen LogP contribution >= 0.6 is 0 Å². The maximum atomic E-state index is 12.6. The van der Waals surface area contributed by atoms with Crippen LogP contribution in [-0.2, 0) is 20.9 Å². The fraction of sp³-hybridized carbons (Fsp3) is 0.421. The Kier molecular flexibility index (Phi) is 4.91. The van der Waals surface area contributed by atoms with Crippen LogP contribution in [0.5, 0.6) is 0 Å². The highest BCUT2D eigenvalue weighted by molar-refractivity contribution is 6.35. The van der Waals surface area contributed by atoms with Gasteiger partial charge >= 0.3 is 11.8 Å². The number of carbonyl (C=O) groups is 2. The monoisotopic (exact) mass is 370 g/mol. The first-order valence-corrected chi connectivity index (χ1v) is 9.08. The Morgan fingerprint density at radius 2 is 1.74 bits per heavy atom. The fourth-order valence-corrected chi connectivity index (χ4v) is 3.34. The van der Waals surface area contributed by atoms with Crippen molar-refractivity contribution in [2.75, 3.05) is 39.4 Å². The molecule has 0 unspecified atom stereocenters. The van der Waals surface area contributed by atoms with Crippen LogP contribution in [0.2, 0.25) is 0 Å². The minimum atomic E-state index is -0.503. The van der Waals surface area contributed by atoms with E-state index < -0.39 is 11.8 Å². The van der Waals surface area contributed by atoms with Gasteiger partial charge in [0.25, 0.3) is 0 Å². The summed E-state index contributed by atoms with van der Waals surface area (Å²) in [4.78, 5) is 31.2. The number of amides is 2. The van der Waals surface area contributed by atoms with Crippen LogP contribution in [0.3, 0.4) is 0 Å². The molecule has 0 aliphatic carbocycles. The third kappa shape index (κ3) is 3.58. The molecule has 8 heteroatoms. The number of rotatable bonds is 4. The smallest absolute Gasteiger partial charge is 0.326 e. The molecular formula is C19H22N4O4. The average Bonchev–Trinajstić information content (AvgIpc) is 3.07. The van der Waals surface area contributed by atoms with Crippen LogP contribution in [0.4, 0.5) is 0 Å². The molecule has 4 rings (SSSR count). The van der Waals surface area contributed by atoms with Gasteiger partial charge in [-0.05, 0) is 19.1 Å². The van der Waals surface area contributed by atoms with Gasteiger partial charge in [0, 0.05) is 25.2 Å². The van der Waals surface area contributed by atoms with Gasteiger partial charge in [0.05, 0.1) is 26.3 Å².